The number of carbonyl (C=O) groups excluding carboxylic acids is 1. The molecule has 2 fully saturated rings. The zero-order chi connectivity index (χ0) is 11.9. The van der Waals surface area contributed by atoms with Crippen LogP contribution in [0.5, 0.6) is 0 Å². The molecule has 1 saturated carbocycles. The van der Waals surface area contributed by atoms with Gasteiger partial charge in [-0.1, -0.05) is 19.9 Å². The quantitative estimate of drug-likeness (QED) is 0.642. The van der Waals surface area contributed by atoms with Crippen molar-refractivity contribution >= 4 is 5.97 Å². The van der Waals surface area contributed by atoms with E-state index in [1.54, 1.807) is 0 Å². The van der Waals surface area contributed by atoms with Gasteiger partial charge in [0, 0.05) is 12.8 Å². The molecule has 0 aromatic rings. The molecule has 2 rings (SSSR count). The van der Waals surface area contributed by atoms with Crippen LogP contribution in [-0.4, -0.2) is 17.7 Å². The summed E-state index contributed by atoms with van der Waals surface area (Å²) in [7, 11) is 0. The number of esters is 1. The van der Waals surface area contributed by atoms with Crippen LogP contribution in [0.15, 0.2) is 12.3 Å². The minimum absolute atomic E-state index is 0.181. The van der Waals surface area contributed by atoms with Crippen LogP contribution in [0.25, 0.3) is 0 Å². The lowest BCUT2D eigenvalue weighted by Gasteiger charge is -2.34. The molecule has 3 heteroatoms. The molecule has 1 aliphatic heterocycles. The first-order chi connectivity index (χ1) is 7.43. The van der Waals surface area contributed by atoms with Gasteiger partial charge in [0.1, 0.15) is 11.9 Å². The molecule has 0 spiro atoms. The predicted molar refractivity (Wildman–Crippen MR) is 60.7 cm³/mol. The normalized spacial score (nSPS) is 42.4. The molecule has 1 heterocycles. The highest BCUT2D eigenvalue weighted by molar-refractivity contribution is 5.67. The third-order valence-electron chi connectivity index (χ3n) is 3.96. The molecule has 0 amide bonds. The first kappa shape index (κ1) is 11.5. The van der Waals surface area contributed by atoms with Gasteiger partial charge in [0.15, 0.2) is 5.60 Å². The molecule has 0 radical (unpaired) electrons. The third-order valence-corrected chi connectivity index (χ3v) is 3.96. The van der Waals surface area contributed by atoms with Crippen LogP contribution < -0.4 is 0 Å². The summed E-state index contributed by atoms with van der Waals surface area (Å²) >= 11 is 0. The molecule has 16 heavy (non-hydrogen) atoms. The van der Waals surface area contributed by atoms with Crippen molar-refractivity contribution in [1.29, 1.82) is 0 Å². The van der Waals surface area contributed by atoms with Gasteiger partial charge in [0.25, 0.3) is 0 Å². The summed E-state index contributed by atoms with van der Waals surface area (Å²) in [5.74, 6) is 1.33. The van der Waals surface area contributed by atoms with Crippen LogP contribution in [0, 0.1) is 11.8 Å². The maximum atomic E-state index is 11.2. The number of rotatable bonds is 1. The number of ether oxygens (including phenoxy) is 2. The Morgan fingerprint density at radius 2 is 2.25 bits per heavy atom. The molecule has 0 bridgehead atoms. The number of hydrogen-bond donors (Lipinski definition) is 0. The average Bonchev–Trinajstić information content (AvgIpc) is 2.37. The smallest absolute Gasteiger partial charge is 0.303 e. The van der Waals surface area contributed by atoms with Crippen LogP contribution in [-0.2, 0) is 14.3 Å². The number of carbonyl (C=O) groups is 1. The maximum Gasteiger partial charge on any atom is 0.303 e. The molecular weight excluding hydrogens is 204 g/mol. The van der Waals surface area contributed by atoms with E-state index < -0.39 is 5.60 Å². The fourth-order valence-corrected chi connectivity index (χ4v) is 3.03. The lowest BCUT2D eigenvalue weighted by atomic mass is 9.74. The fourth-order valence-electron chi connectivity index (χ4n) is 3.03. The van der Waals surface area contributed by atoms with Crippen LogP contribution in [0.3, 0.4) is 0 Å². The molecule has 1 aliphatic carbocycles. The van der Waals surface area contributed by atoms with Gasteiger partial charge in [-0.05, 0) is 25.7 Å². The fraction of sp³-hybridized carbons (Fsp3) is 0.769. The summed E-state index contributed by atoms with van der Waals surface area (Å²) in [6.07, 6.45) is 3.45. The Morgan fingerprint density at radius 1 is 1.56 bits per heavy atom. The molecule has 0 aromatic heterocycles. The van der Waals surface area contributed by atoms with E-state index in [4.69, 9.17) is 9.47 Å². The summed E-state index contributed by atoms with van der Waals surface area (Å²) < 4.78 is 11.2. The molecular formula is C13H20O3. The highest BCUT2D eigenvalue weighted by Crippen LogP contribution is 2.48. The lowest BCUT2D eigenvalue weighted by molar-refractivity contribution is -0.156. The third kappa shape index (κ3) is 1.72. The van der Waals surface area contributed by atoms with Crippen molar-refractivity contribution in [1.82, 2.24) is 0 Å². The van der Waals surface area contributed by atoms with E-state index >= 15 is 0 Å². The van der Waals surface area contributed by atoms with Crippen molar-refractivity contribution in [3.8, 4) is 0 Å². The van der Waals surface area contributed by atoms with Crippen molar-refractivity contribution in [2.24, 2.45) is 11.8 Å². The van der Waals surface area contributed by atoms with Gasteiger partial charge in [0.05, 0.1) is 0 Å². The Kier molecular flexibility index (Phi) is 2.72. The zero-order valence-electron chi connectivity index (χ0n) is 10.3. The summed E-state index contributed by atoms with van der Waals surface area (Å²) in [6.45, 7) is 9.52. The summed E-state index contributed by atoms with van der Waals surface area (Å²) in [5.41, 5.74) is -0.614. The predicted octanol–water partition coefficient (Wildman–Crippen LogP) is 2.66. The Hall–Kier alpha value is -0.990. The van der Waals surface area contributed by atoms with Gasteiger partial charge >= 0.3 is 5.97 Å². The zero-order valence-corrected chi connectivity index (χ0v) is 10.3. The maximum absolute atomic E-state index is 11.2. The summed E-state index contributed by atoms with van der Waals surface area (Å²) in [5, 5.41) is 0. The van der Waals surface area contributed by atoms with Crippen molar-refractivity contribution in [3.63, 3.8) is 0 Å². The summed E-state index contributed by atoms with van der Waals surface area (Å²) in [4.78, 5) is 11.2. The molecule has 0 N–H and O–H groups in total. The Morgan fingerprint density at radius 3 is 2.88 bits per heavy atom. The minimum Gasteiger partial charge on any atom is -0.491 e. The average molecular weight is 224 g/mol. The number of fused-ring (bicyclic) bond motifs is 1. The largest absolute Gasteiger partial charge is 0.491 e. The second-order valence-electron chi connectivity index (χ2n) is 5.30. The monoisotopic (exact) mass is 224 g/mol. The lowest BCUT2D eigenvalue weighted by Crippen LogP contribution is -2.41. The van der Waals surface area contributed by atoms with Crippen molar-refractivity contribution in [2.75, 3.05) is 0 Å². The van der Waals surface area contributed by atoms with Crippen molar-refractivity contribution in [2.45, 2.75) is 51.7 Å². The molecule has 2 aliphatic rings. The van der Waals surface area contributed by atoms with E-state index in [2.05, 4.69) is 13.5 Å². The van der Waals surface area contributed by atoms with Gasteiger partial charge in [-0.15, -0.1) is 0 Å². The van der Waals surface area contributed by atoms with Gasteiger partial charge in [-0.3, -0.25) is 4.79 Å². The Balaban J connectivity index is 2.20. The van der Waals surface area contributed by atoms with E-state index in [0.29, 0.717) is 11.7 Å². The van der Waals surface area contributed by atoms with Crippen LogP contribution in [0.2, 0.25) is 0 Å². The van der Waals surface area contributed by atoms with E-state index in [1.165, 1.54) is 13.3 Å². The van der Waals surface area contributed by atoms with Crippen LogP contribution in [0.4, 0.5) is 0 Å². The molecule has 0 aromatic carbocycles. The van der Waals surface area contributed by atoms with Crippen molar-refractivity contribution < 1.29 is 14.3 Å². The molecule has 4 atom stereocenters. The number of hydrogen-bond acceptors (Lipinski definition) is 3. The topological polar surface area (TPSA) is 35.5 Å². The Labute approximate surface area is 96.8 Å². The van der Waals surface area contributed by atoms with Gasteiger partial charge in [-0.2, -0.15) is 0 Å². The first-order valence-electron chi connectivity index (χ1n) is 5.99. The Bertz CT molecular complexity index is 323. The molecule has 3 nitrogen and oxygen atoms in total. The minimum atomic E-state index is -0.614. The molecule has 1 saturated heterocycles. The van der Waals surface area contributed by atoms with Crippen LogP contribution in [0.1, 0.15) is 40.0 Å². The second kappa shape index (κ2) is 3.79. The van der Waals surface area contributed by atoms with E-state index in [0.717, 1.165) is 12.8 Å². The SMILES string of the molecule is C=C1O[C@@H]2C[C@H](C)CC[C@H]2[C@]1(C)OC(C)=O. The van der Waals surface area contributed by atoms with Gasteiger partial charge < -0.3 is 9.47 Å². The van der Waals surface area contributed by atoms with Gasteiger partial charge in [-0.25, -0.2) is 0 Å². The summed E-state index contributed by atoms with van der Waals surface area (Å²) in [6, 6.07) is 0. The second-order valence-corrected chi connectivity index (χ2v) is 5.30. The molecule has 0 unspecified atom stereocenters. The van der Waals surface area contributed by atoms with Crippen LogP contribution >= 0.6 is 0 Å². The van der Waals surface area contributed by atoms with Gasteiger partial charge in [0.2, 0.25) is 0 Å². The highest BCUT2D eigenvalue weighted by Gasteiger charge is 2.54. The van der Waals surface area contributed by atoms with E-state index in [9.17, 15) is 4.79 Å². The first-order valence-corrected chi connectivity index (χ1v) is 5.99. The standard InChI is InChI=1S/C13H20O3/c1-8-5-6-11-12(7-8)15-9(2)13(11,4)16-10(3)14/h8,11-12H,2,5-7H2,1,3-4H3/t8-,11-,12-,13-/m1/s1. The van der Waals surface area contributed by atoms with Crippen molar-refractivity contribution in [3.05, 3.63) is 12.3 Å². The van der Waals surface area contributed by atoms with E-state index in [1.807, 2.05) is 6.92 Å². The highest BCUT2D eigenvalue weighted by atomic mass is 16.6. The van der Waals surface area contributed by atoms with E-state index in [-0.39, 0.29) is 18.0 Å². The molecule has 90 valence electrons.